The van der Waals surface area contributed by atoms with Crippen molar-refractivity contribution in [3.05, 3.63) is 0 Å². The summed E-state index contributed by atoms with van der Waals surface area (Å²) < 4.78 is 73.2. The standard InChI is InChI=1S/C12H23F4NO2S/c1-11(13,12(14,15)16)7-6-10-20(18,19)9-5-4-8-17(2)3/h4-10H2,1-3H3. The molecule has 0 aliphatic rings. The average Bonchev–Trinajstić information content (AvgIpc) is 2.22. The van der Waals surface area contributed by atoms with Crippen molar-refractivity contribution in [2.75, 3.05) is 32.1 Å². The van der Waals surface area contributed by atoms with Gasteiger partial charge in [0.2, 0.25) is 5.67 Å². The van der Waals surface area contributed by atoms with Crippen LogP contribution in [0.4, 0.5) is 17.6 Å². The van der Waals surface area contributed by atoms with Gasteiger partial charge in [0.25, 0.3) is 0 Å². The molecule has 122 valence electrons. The molecule has 0 aromatic carbocycles. The number of halogens is 4. The van der Waals surface area contributed by atoms with Gasteiger partial charge in [-0.25, -0.2) is 12.8 Å². The molecule has 1 atom stereocenters. The smallest absolute Gasteiger partial charge is 0.309 e. The van der Waals surface area contributed by atoms with Gasteiger partial charge in [-0.05, 0) is 53.2 Å². The first-order valence-corrected chi connectivity index (χ1v) is 8.30. The van der Waals surface area contributed by atoms with Crippen LogP contribution in [0.5, 0.6) is 0 Å². The Hall–Kier alpha value is -0.370. The van der Waals surface area contributed by atoms with Gasteiger partial charge in [0.05, 0.1) is 11.5 Å². The van der Waals surface area contributed by atoms with Gasteiger partial charge in [-0.1, -0.05) is 0 Å². The van der Waals surface area contributed by atoms with E-state index < -0.39 is 33.9 Å². The van der Waals surface area contributed by atoms with Crippen LogP contribution in [-0.2, 0) is 9.84 Å². The van der Waals surface area contributed by atoms with E-state index in [1.807, 2.05) is 19.0 Å². The molecule has 0 rings (SSSR count). The third-order valence-electron chi connectivity index (χ3n) is 3.00. The molecule has 0 spiro atoms. The first kappa shape index (κ1) is 19.6. The highest BCUT2D eigenvalue weighted by Crippen LogP contribution is 2.37. The summed E-state index contributed by atoms with van der Waals surface area (Å²) in [6.45, 7) is 1.20. The summed E-state index contributed by atoms with van der Waals surface area (Å²) in [5.41, 5.74) is -3.33. The summed E-state index contributed by atoms with van der Waals surface area (Å²) in [4.78, 5) is 1.92. The summed E-state index contributed by atoms with van der Waals surface area (Å²) in [5, 5.41) is 0. The largest absolute Gasteiger partial charge is 0.422 e. The van der Waals surface area contributed by atoms with Crippen molar-refractivity contribution in [3.8, 4) is 0 Å². The van der Waals surface area contributed by atoms with E-state index in [0.717, 1.165) is 6.54 Å². The van der Waals surface area contributed by atoms with Crippen molar-refractivity contribution >= 4 is 9.84 Å². The van der Waals surface area contributed by atoms with E-state index in [-0.39, 0.29) is 12.2 Å². The van der Waals surface area contributed by atoms with Gasteiger partial charge in [-0.2, -0.15) is 13.2 Å². The zero-order chi connectivity index (χ0) is 16.0. The third kappa shape index (κ3) is 8.04. The van der Waals surface area contributed by atoms with Crippen molar-refractivity contribution < 1.29 is 26.0 Å². The topological polar surface area (TPSA) is 37.4 Å². The number of hydrogen-bond donors (Lipinski definition) is 0. The van der Waals surface area contributed by atoms with Gasteiger partial charge in [-0.15, -0.1) is 0 Å². The number of rotatable bonds is 9. The molecule has 0 aromatic rings. The molecule has 8 heteroatoms. The maximum absolute atomic E-state index is 13.2. The minimum atomic E-state index is -4.96. The van der Waals surface area contributed by atoms with E-state index >= 15 is 0 Å². The molecule has 0 heterocycles. The molecule has 0 bridgehead atoms. The summed E-state index contributed by atoms with van der Waals surface area (Å²) in [6, 6.07) is 0. The second kappa shape index (κ2) is 7.59. The van der Waals surface area contributed by atoms with E-state index in [2.05, 4.69) is 0 Å². The van der Waals surface area contributed by atoms with Gasteiger partial charge in [0, 0.05) is 0 Å². The van der Waals surface area contributed by atoms with E-state index in [4.69, 9.17) is 0 Å². The highest BCUT2D eigenvalue weighted by molar-refractivity contribution is 7.91. The van der Waals surface area contributed by atoms with E-state index in [1.165, 1.54) is 0 Å². The van der Waals surface area contributed by atoms with Gasteiger partial charge >= 0.3 is 6.18 Å². The highest BCUT2D eigenvalue weighted by atomic mass is 32.2. The maximum Gasteiger partial charge on any atom is 0.422 e. The first-order chi connectivity index (χ1) is 8.87. The normalized spacial score (nSPS) is 16.4. The van der Waals surface area contributed by atoms with Crippen molar-refractivity contribution in [1.29, 1.82) is 0 Å². The molecule has 0 saturated carbocycles. The van der Waals surface area contributed by atoms with Crippen molar-refractivity contribution in [2.45, 2.75) is 44.5 Å². The van der Waals surface area contributed by atoms with Crippen LogP contribution >= 0.6 is 0 Å². The zero-order valence-corrected chi connectivity index (χ0v) is 13.0. The van der Waals surface area contributed by atoms with E-state index in [1.54, 1.807) is 0 Å². The third-order valence-corrected chi connectivity index (χ3v) is 4.82. The minimum Gasteiger partial charge on any atom is -0.309 e. The van der Waals surface area contributed by atoms with Gasteiger partial charge < -0.3 is 4.90 Å². The van der Waals surface area contributed by atoms with Crippen molar-refractivity contribution in [2.24, 2.45) is 0 Å². The number of hydrogen-bond acceptors (Lipinski definition) is 3. The van der Waals surface area contributed by atoms with Gasteiger partial charge in [0.1, 0.15) is 9.84 Å². The lowest BCUT2D eigenvalue weighted by Crippen LogP contribution is -2.38. The second-order valence-corrected chi connectivity index (χ2v) is 7.76. The number of unbranched alkanes of at least 4 members (excludes halogenated alkanes) is 1. The molecular formula is C12H23F4NO2S. The SMILES string of the molecule is CN(C)CCCCS(=O)(=O)CCCC(C)(F)C(F)(F)F. The molecule has 0 fully saturated rings. The molecule has 0 N–H and O–H groups in total. The highest BCUT2D eigenvalue weighted by Gasteiger charge is 2.51. The fraction of sp³-hybridized carbons (Fsp3) is 1.00. The van der Waals surface area contributed by atoms with Crippen LogP contribution in [-0.4, -0.2) is 57.3 Å². The lowest BCUT2D eigenvalue weighted by molar-refractivity contribution is -0.225. The van der Waals surface area contributed by atoms with Crippen molar-refractivity contribution in [1.82, 2.24) is 4.90 Å². The molecule has 1 unspecified atom stereocenters. The molecule has 20 heavy (non-hydrogen) atoms. The Morgan fingerprint density at radius 3 is 1.90 bits per heavy atom. The number of sulfone groups is 1. The fourth-order valence-corrected chi connectivity index (χ4v) is 3.05. The van der Waals surface area contributed by atoms with E-state index in [0.29, 0.717) is 19.8 Å². The van der Waals surface area contributed by atoms with Crippen LogP contribution < -0.4 is 0 Å². The predicted molar refractivity (Wildman–Crippen MR) is 71.2 cm³/mol. The summed E-state index contributed by atoms with van der Waals surface area (Å²) in [7, 11) is 0.338. The molecular weight excluding hydrogens is 298 g/mol. The van der Waals surface area contributed by atoms with Crippen LogP contribution in [0.2, 0.25) is 0 Å². The number of nitrogens with zero attached hydrogens (tertiary/aromatic N) is 1. The Kier molecular flexibility index (Phi) is 7.44. The van der Waals surface area contributed by atoms with Gasteiger partial charge in [0.15, 0.2) is 0 Å². The van der Waals surface area contributed by atoms with Crippen LogP contribution in [0.1, 0.15) is 32.6 Å². The lowest BCUT2D eigenvalue weighted by atomic mass is 10.0. The molecule has 0 radical (unpaired) electrons. The Labute approximate surface area is 118 Å². The Balaban J connectivity index is 4.06. The van der Waals surface area contributed by atoms with Crippen molar-refractivity contribution in [3.63, 3.8) is 0 Å². The first-order valence-electron chi connectivity index (χ1n) is 6.48. The van der Waals surface area contributed by atoms with Crippen LogP contribution in [0.15, 0.2) is 0 Å². The summed E-state index contributed by atoms with van der Waals surface area (Å²) in [6.07, 6.45) is -4.93. The van der Waals surface area contributed by atoms with Crippen LogP contribution in [0, 0.1) is 0 Å². The quantitative estimate of drug-likeness (QED) is 0.484. The van der Waals surface area contributed by atoms with Gasteiger partial charge in [-0.3, -0.25) is 0 Å². The molecule has 0 aromatic heterocycles. The molecule has 0 aliphatic carbocycles. The molecule has 0 amide bonds. The van der Waals surface area contributed by atoms with E-state index in [9.17, 15) is 26.0 Å². The molecule has 3 nitrogen and oxygen atoms in total. The average molecular weight is 321 g/mol. The zero-order valence-electron chi connectivity index (χ0n) is 12.1. The Morgan fingerprint density at radius 1 is 0.950 bits per heavy atom. The summed E-state index contributed by atoms with van der Waals surface area (Å²) >= 11 is 0. The Morgan fingerprint density at radius 2 is 1.45 bits per heavy atom. The monoisotopic (exact) mass is 321 g/mol. The Bertz CT molecular complexity index is 377. The second-order valence-electron chi connectivity index (χ2n) is 5.46. The molecule has 0 saturated heterocycles. The fourth-order valence-electron chi connectivity index (χ4n) is 1.62. The summed E-state index contributed by atoms with van der Waals surface area (Å²) in [5.74, 6) is -0.458. The van der Waals surface area contributed by atoms with Crippen LogP contribution in [0.25, 0.3) is 0 Å². The lowest BCUT2D eigenvalue weighted by Gasteiger charge is -2.23. The maximum atomic E-state index is 13.2. The minimum absolute atomic E-state index is 0.0597. The molecule has 0 aliphatic heterocycles. The predicted octanol–water partition coefficient (Wildman–Crippen LogP) is 2.81. The van der Waals surface area contributed by atoms with Crippen LogP contribution in [0.3, 0.4) is 0 Å². The number of alkyl halides is 4.